The predicted octanol–water partition coefficient (Wildman–Crippen LogP) is 4.26. The molecule has 0 bridgehead atoms. The van der Waals surface area contributed by atoms with Gasteiger partial charge < -0.3 is 24.4 Å². The second kappa shape index (κ2) is 9.55. The van der Waals surface area contributed by atoms with E-state index in [1.54, 1.807) is 32.4 Å². The topological polar surface area (TPSA) is 72.9 Å². The quantitative estimate of drug-likeness (QED) is 0.615. The molecule has 162 valence electrons. The van der Waals surface area contributed by atoms with Crippen molar-refractivity contribution in [2.75, 3.05) is 44.1 Å². The van der Waals surface area contributed by atoms with Crippen molar-refractivity contribution in [3.8, 4) is 17.2 Å². The van der Waals surface area contributed by atoms with Crippen LogP contribution < -0.4 is 24.4 Å². The SMILES string of the molecule is COc1ccc(NC(=O)COc2cccc3ccc(N4CCCCC4)nc23)c(OC)c1. The van der Waals surface area contributed by atoms with E-state index in [9.17, 15) is 4.79 Å². The number of nitrogens with zero attached hydrogens (tertiary/aromatic N) is 2. The Morgan fingerprint density at radius 2 is 1.84 bits per heavy atom. The number of piperidine rings is 1. The molecule has 1 aromatic heterocycles. The zero-order valence-corrected chi connectivity index (χ0v) is 17.9. The van der Waals surface area contributed by atoms with Crippen molar-refractivity contribution in [3.05, 3.63) is 48.5 Å². The van der Waals surface area contributed by atoms with E-state index in [0.29, 0.717) is 22.9 Å². The smallest absolute Gasteiger partial charge is 0.262 e. The molecule has 0 unspecified atom stereocenters. The first kappa shape index (κ1) is 20.8. The van der Waals surface area contributed by atoms with E-state index in [4.69, 9.17) is 19.2 Å². The van der Waals surface area contributed by atoms with E-state index in [1.807, 2.05) is 18.2 Å². The fraction of sp³-hybridized carbons (Fsp3) is 0.333. The fourth-order valence-electron chi connectivity index (χ4n) is 3.76. The largest absolute Gasteiger partial charge is 0.497 e. The predicted molar refractivity (Wildman–Crippen MR) is 121 cm³/mol. The summed E-state index contributed by atoms with van der Waals surface area (Å²) < 4.78 is 16.4. The number of pyridine rings is 1. The number of anilines is 2. The van der Waals surface area contributed by atoms with Crippen LogP contribution in [0.4, 0.5) is 11.5 Å². The molecule has 1 N–H and O–H groups in total. The van der Waals surface area contributed by atoms with Crippen molar-refractivity contribution >= 4 is 28.3 Å². The van der Waals surface area contributed by atoms with Gasteiger partial charge in [-0.1, -0.05) is 12.1 Å². The highest BCUT2D eigenvalue weighted by Gasteiger charge is 2.15. The van der Waals surface area contributed by atoms with Gasteiger partial charge in [-0.2, -0.15) is 0 Å². The Labute approximate surface area is 181 Å². The number of carbonyl (C=O) groups is 1. The highest BCUT2D eigenvalue weighted by atomic mass is 16.5. The molecule has 1 aliphatic rings. The van der Waals surface area contributed by atoms with E-state index in [0.717, 1.165) is 29.8 Å². The minimum Gasteiger partial charge on any atom is -0.497 e. The average Bonchev–Trinajstić information content (AvgIpc) is 2.83. The maximum Gasteiger partial charge on any atom is 0.262 e. The maximum absolute atomic E-state index is 12.5. The Morgan fingerprint density at radius 1 is 1.00 bits per heavy atom. The van der Waals surface area contributed by atoms with Gasteiger partial charge in [0, 0.05) is 24.5 Å². The third-order valence-corrected chi connectivity index (χ3v) is 5.39. The molecule has 3 aromatic rings. The van der Waals surface area contributed by atoms with Crippen molar-refractivity contribution < 1.29 is 19.0 Å². The molecule has 0 spiro atoms. The maximum atomic E-state index is 12.5. The van der Waals surface area contributed by atoms with Crippen LogP contribution in [0.25, 0.3) is 10.9 Å². The van der Waals surface area contributed by atoms with Gasteiger partial charge in [0.2, 0.25) is 0 Å². The van der Waals surface area contributed by atoms with E-state index >= 15 is 0 Å². The van der Waals surface area contributed by atoms with Gasteiger partial charge in [-0.15, -0.1) is 0 Å². The molecule has 0 saturated carbocycles. The molecule has 1 amide bonds. The van der Waals surface area contributed by atoms with Gasteiger partial charge in [-0.3, -0.25) is 4.79 Å². The lowest BCUT2D eigenvalue weighted by molar-refractivity contribution is -0.118. The molecule has 7 heteroatoms. The summed E-state index contributed by atoms with van der Waals surface area (Å²) in [5, 5.41) is 3.80. The van der Waals surface area contributed by atoms with Crippen LogP contribution >= 0.6 is 0 Å². The third kappa shape index (κ3) is 4.82. The zero-order valence-electron chi connectivity index (χ0n) is 17.9. The van der Waals surface area contributed by atoms with E-state index in [2.05, 4.69) is 22.3 Å². The summed E-state index contributed by atoms with van der Waals surface area (Å²) in [7, 11) is 3.12. The summed E-state index contributed by atoms with van der Waals surface area (Å²) in [6, 6.07) is 15.1. The monoisotopic (exact) mass is 421 g/mol. The third-order valence-electron chi connectivity index (χ3n) is 5.39. The normalized spacial score (nSPS) is 13.7. The van der Waals surface area contributed by atoms with E-state index in [1.165, 1.54) is 19.3 Å². The van der Waals surface area contributed by atoms with Crippen molar-refractivity contribution in [2.45, 2.75) is 19.3 Å². The van der Waals surface area contributed by atoms with Crippen LogP contribution in [-0.2, 0) is 4.79 Å². The summed E-state index contributed by atoms with van der Waals surface area (Å²) in [5.41, 5.74) is 1.32. The Balaban J connectivity index is 1.47. The Kier molecular flexibility index (Phi) is 6.40. The number of ether oxygens (including phenoxy) is 3. The molecule has 2 heterocycles. The van der Waals surface area contributed by atoms with Crippen LogP contribution in [0.1, 0.15) is 19.3 Å². The first-order valence-corrected chi connectivity index (χ1v) is 10.5. The Hall–Kier alpha value is -3.48. The van der Waals surface area contributed by atoms with Crippen molar-refractivity contribution in [3.63, 3.8) is 0 Å². The van der Waals surface area contributed by atoms with Crippen LogP contribution in [0.3, 0.4) is 0 Å². The summed E-state index contributed by atoms with van der Waals surface area (Å²) >= 11 is 0. The number of para-hydroxylation sites is 1. The molecule has 4 rings (SSSR count). The second-order valence-corrected chi connectivity index (χ2v) is 7.45. The number of amides is 1. The number of nitrogens with one attached hydrogen (secondary N) is 1. The van der Waals surface area contributed by atoms with Gasteiger partial charge in [0.15, 0.2) is 6.61 Å². The number of rotatable bonds is 7. The fourth-order valence-corrected chi connectivity index (χ4v) is 3.76. The molecule has 1 aliphatic heterocycles. The first-order valence-electron chi connectivity index (χ1n) is 10.5. The molecular formula is C24H27N3O4. The molecular weight excluding hydrogens is 394 g/mol. The lowest BCUT2D eigenvalue weighted by atomic mass is 10.1. The van der Waals surface area contributed by atoms with Crippen LogP contribution in [0.15, 0.2) is 48.5 Å². The average molecular weight is 421 g/mol. The molecule has 1 fully saturated rings. The molecule has 2 aromatic carbocycles. The summed E-state index contributed by atoms with van der Waals surface area (Å²) in [6.45, 7) is 1.91. The number of methoxy groups -OCH3 is 2. The number of hydrogen-bond donors (Lipinski definition) is 1. The van der Waals surface area contributed by atoms with Crippen molar-refractivity contribution in [1.29, 1.82) is 0 Å². The first-order chi connectivity index (χ1) is 15.2. The highest BCUT2D eigenvalue weighted by molar-refractivity contribution is 5.94. The van der Waals surface area contributed by atoms with Gasteiger partial charge in [0.25, 0.3) is 5.91 Å². The van der Waals surface area contributed by atoms with E-state index < -0.39 is 0 Å². The lowest BCUT2D eigenvalue weighted by Crippen LogP contribution is -2.30. The van der Waals surface area contributed by atoms with E-state index in [-0.39, 0.29) is 12.5 Å². The summed E-state index contributed by atoms with van der Waals surface area (Å²) in [4.78, 5) is 19.7. The molecule has 7 nitrogen and oxygen atoms in total. The number of aromatic nitrogens is 1. The van der Waals surface area contributed by atoms with Gasteiger partial charge in [-0.05, 0) is 49.6 Å². The number of fused-ring (bicyclic) bond motifs is 1. The standard InChI is InChI=1S/C24H27N3O4/c1-29-18-10-11-19(21(15-18)30-2)25-23(28)16-31-20-8-6-7-17-9-12-22(26-24(17)20)27-13-4-3-5-14-27/h6-12,15H,3-5,13-14,16H2,1-2H3,(H,25,28). The van der Waals surface area contributed by atoms with Crippen LogP contribution in [0.5, 0.6) is 17.2 Å². The highest BCUT2D eigenvalue weighted by Crippen LogP contribution is 2.30. The number of carbonyl (C=O) groups excluding carboxylic acids is 1. The van der Waals surface area contributed by atoms with Crippen molar-refractivity contribution in [1.82, 2.24) is 4.98 Å². The summed E-state index contributed by atoms with van der Waals surface area (Å²) in [6.07, 6.45) is 3.65. The van der Waals surface area contributed by atoms with Crippen LogP contribution in [-0.4, -0.2) is 44.8 Å². The zero-order chi connectivity index (χ0) is 21.6. The second-order valence-electron chi connectivity index (χ2n) is 7.45. The minimum absolute atomic E-state index is 0.135. The van der Waals surface area contributed by atoms with Gasteiger partial charge in [-0.25, -0.2) is 4.98 Å². The van der Waals surface area contributed by atoms with Gasteiger partial charge >= 0.3 is 0 Å². The van der Waals surface area contributed by atoms with Crippen LogP contribution in [0.2, 0.25) is 0 Å². The van der Waals surface area contributed by atoms with Gasteiger partial charge in [0.05, 0.1) is 19.9 Å². The number of hydrogen-bond acceptors (Lipinski definition) is 6. The van der Waals surface area contributed by atoms with Crippen molar-refractivity contribution in [2.24, 2.45) is 0 Å². The lowest BCUT2D eigenvalue weighted by Gasteiger charge is -2.28. The Morgan fingerprint density at radius 3 is 2.61 bits per heavy atom. The van der Waals surface area contributed by atoms with Gasteiger partial charge in [0.1, 0.15) is 28.6 Å². The molecule has 31 heavy (non-hydrogen) atoms. The summed E-state index contributed by atoms with van der Waals surface area (Å²) in [5.74, 6) is 2.43. The molecule has 0 aliphatic carbocycles. The molecule has 0 atom stereocenters. The minimum atomic E-state index is -0.285. The molecule has 0 radical (unpaired) electrons. The Bertz CT molecular complexity index is 1060. The number of benzene rings is 2. The molecule has 1 saturated heterocycles. The van der Waals surface area contributed by atoms with Crippen LogP contribution in [0, 0.1) is 0 Å².